The summed E-state index contributed by atoms with van der Waals surface area (Å²) in [5, 5.41) is 14.3. The van der Waals surface area contributed by atoms with E-state index in [1.54, 1.807) is 31.3 Å². The van der Waals surface area contributed by atoms with Crippen molar-refractivity contribution in [2.45, 2.75) is 39.5 Å². The van der Waals surface area contributed by atoms with Crippen molar-refractivity contribution in [3.63, 3.8) is 0 Å². The maximum Gasteiger partial charge on any atom is 0.288 e. The summed E-state index contributed by atoms with van der Waals surface area (Å²) in [5.74, 6) is -1.75. The number of aromatic nitrogens is 1. The number of aliphatic imine (C=N–C) groups is 1. The van der Waals surface area contributed by atoms with E-state index in [0.29, 0.717) is 41.2 Å². The van der Waals surface area contributed by atoms with E-state index in [-0.39, 0.29) is 21.9 Å². The van der Waals surface area contributed by atoms with Crippen LogP contribution in [-0.4, -0.2) is 27.3 Å². The second-order valence-electron chi connectivity index (χ2n) is 9.33. The highest BCUT2D eigenvalue weighted by atomic mass is 79.9. The molecule has 10 heteroatoms. The molecule has 1 aromatic carbocycles. The van der Waals surface area contributed by atoms with Gasteiger partial charge in [0.15, 0.2) is 5.78 Å². The van der Waals surface area contributed by atoms with Crippen molar-refractivity contribution >= 4 is 56.4 Å². The zero-order valence-corrected chi connectivity index (χ0v) is 21.1. The molecule has 176 valence electrons. The molecular weight excluding hydrogens is 524 g/mol. The zero-order valence-electron chi connectivity index (χ0n) is 18.8. The predicted octanol–water partition coefficient (Wildman–Crippen LogP) is 5.86. The van der Waals surface area contributed by atoms with E-state index in [9.17, 15) is 19.7 Å². The third-order valence-corrected chi connectivity index (χ3v) is 6.88. The fraction of sp³-hybridized carbons (Fsp3) is 0.333. The number of allylic oxidation sites excluding steroid dienone is 2. The van der Waals surface area contributed by atoms with Crippen molar-refractivity contribution in [2.75, 3.05) is 5.32 Å². The number of nitro groups is 1. The van der Waals surface area contributed by atoms with Crippen molar-refractivity contribution in [1.82, 2.24) is 4.98 Å². The van der Waals surface area contributed by atoms with Gasteiger partial charge in [0.2, 0.25) is 5.91 Å². The van der Waals surface area contributed by atoms with Crippen molar-refractivity contribution < 1.29 is 14.5 Å². The molecule has 2 aliphatic rings. The number of halogens is 2. The number of pyridine rings is 1. The minimum Gasteiger partial charge on any atom is -0.310 e. The molecule has 0 spiro atoms. The van der Waals surface area contributed by atoms with Crippen LogP contribution in [0.5, 0.6) is 0 Å². The van der Waals surface area contributed by atoms with E-state index < -0.39 is 22.7 Å². The van der Waals surface area contributed by atoms with Gasteiger partial charge in [-0.2, -0.15) is 0 Å². The molecule has 0 bridgehead atoms. The lowest BCUT2D eigenvalue weighted by molar-refractivity contribution is -0.384. The number of anilines is 1. The van der Waals surface area contributed by atoms with Crippen LogP contribution in [0.2, 0.25) is 5.02 Å². The van der Waals surface area contributed by atoms with Gasteiger partial charge in [-0.25, -0.2) is 4.98 Å². The molecule has 0 fully saturated rings. The lowest BCUT2D eigenvalue weighted by atomic mass is 9.66. The maximum absolute atomic E-state index is 13.5. The van der Waals surface area contributed by atoms with Gasteiger partial charge in [0.25, 0.3) is 5.69 Å². The van der Waals surface area contributed by atoms with E-state index >= 15 is 0 Å². The van der Waals surface area contributed by atoms with E-state index in [0.717, 1.165) is 4.47 Å². The molecule has 1 aromatic heterocycles. The smallest absolute Gasteiger partial charge is 0.288 e. The molecule has 4 rings (SSSR count). The zero-order chi connectivity index (χ0) is 24.8. The highest BCUT2D eigenvalue weighted by Gasteiger charge is 2.45. The molecule has 1 amide bonds. The summed E-state index contributed by atoms with van der Waals surface area (Å²) in [4.78, 5) is 46.7. The SMILES string of the molecule is CC1=NC2=C(C(=O)CC(C)(C)C2)[C@@H](c2ccc(Cl)c([N+](=O)[O-])c2)C1C(=O)Nc1ccc(Br)cn1. The summed E-state index contributed by atoms with van der Waals surface area (Å²) in [5.41, 5.74) is 1.51. The van der Waals surface area contributed by atoms with Gasteiger partial charge >= 0.3 is 0 Å². The molecule has 0 saturated heterocycles. The van der Waals surface area contributed by atoms with Gasteiger partial charge in [0.05, 0.1) is 10.8 Å². The van der Waals surface area contributed by atoms with Crippen LogP contribution in [0.15, 0.2) is 57.3 Å². The van der Waals surface area contributed by atoms with Crippen molar-refractivity contribution in [1.29, 1.82) is 0 Å². The number of ketones is 1. The average molecular weight is 546 g/mol. The number of rotatable bonds is 4. The Hall–Kier alpha value is -2.91. The van der Waals surface area contributed by atoms with Gasteiger partial charge in [-0.15, -0.1) is 0 Å². The van der Waals surface area contributed by atoms with Crippen molar-refractivity contribution in [3.05, 3.63) is 73.0 Å². The first-order valence-electron chi connectivity index (χ1n) is 10.6. The molecule has 1 N–H and O–H groups in total. The van der Waals surface area contributed by atoms with E-state index in [2.05, 4.69) is 31.2 Å². The van der Waals surface area contributed by atoms with Gasteiger partial charge < -0.3 is 5.32 Å². The second-order valence-corrected chi connectivity index (χ2v) is 10.7. The average Bonchev–Trinajstić information content (AvgIpc) is 2.73. The van der Waals surface area contributed by atoms with Crippen LogP contribution < -0.4 is 5.32 Å². The van der Waals surface area contributed by atoms with Crippen molar-refractivity contribution in [3.8, 4) is 0 Å². The molecule has 2 aromatic rings. The fourth-order valence-corrected chi connectivity index (χ4v) is 5.08. The summed E-state index contributed by atoms with van der Waals surface area (Å²) in [6.07, 6.45) is 2.43. The summed E-state index contributed by atoms with van der Waals surface area (Å²) in [6, 6.07) is 7.81. The minimum atomic E-state index is -0.852. The number of nitro benzene ring substituents is 1. The first-order valence-corrected chi connectivity index (χ1v) is 11.8. The summed E-state index contributed by atoms with van der Waals surface area (Å²) < 4.78 is 0.762. The fourth-order valence-electron chi connectivity index (χ4n) is 4.66. The van der Waals surface area contributed by atoms with Gasteiger partial charge in [-0.05, 0) is 58.5 Å². The third-order valence-electron chi connectivity index (χ3n) is 6.09. The Labute approximate surface area is 209 Å². The lowest BCUT2D eigenvalue weighted by Crippen LogP contribution is -2.41. The topological polar surface area (TPSA) is 115 Å². The molecule has 2 heterocycles. The summed E-state index contributed by atoms with van der Waals surface area (Å²) in [7, 11) is 0. The molecule has 2 atom stereocenters. The monoisotopic (exact) mass is 544 g/mol. The van der Waals surface area contributed by atoms with Crippen LogP contribution in [0, 0.1) is 21.4 Å². The van der Waals surface area contributed by atoms with Gasteiger partial charge in [-0.3, -0.25) is 24.7 Å². The third kappa shape index (κ3) is 4.67. The number of nitrogens with one attached hydrogen (secondary N) is 1. The molecule has 1 unspecified atom stereocenters. The maximum atomic E-state index is 13.5. The molecular formula is C24H22BrClN4O4. The highest BCUT2D eigenvalue weighted by molar-refractivity contribution is 9.10. The Balaban J connectivity index is 1.84. The molecule has 0 radical (unpaired) electrons. The highest BCUT2D eigenvalue weighted by Crippen LogP contribution is 2.48. The Morgan fingerprint density at radius 3 is 2.65 bits per heavy atom. The Kier molecular flexibility index (Phi) is 6.44. The number of hydrogen-bond acceptors (Lipinski definition) is 6. The predicted molar refractivity (Wildman–Crippen MR) is 133 cm³/mol. The van der Waals surface area contributed by atoms with E-state index in [1.807, 2.05) is 13.8 Å². The van der Waals surface area contributed by atoms with Crippen LogP contribution in [0.4, 0.5) is 11.5 Å². The van der Waals surface area contributed by atoms with Crippen LogP contribution in [0.1, 0.15) is 45.1 Å². The summed E-state index contributed by atoms with van der Waals surface area (Å²) in [6.45, 7) is 5.74. The first-order chi connectivity index (χ1) is 16.0. The minimum absolute atomic E-state index is 0.0136. The largest absolute Gasteiger partial charge is 0.310 e. The number of carbonyl (C=O) groups is 2. The van der Waals surface area contributed by atoms with Gasteiger partial charge in [0, 0.05) is 46.1 Å². The summed E-state index contributed by atoms with van der Waals surface area (Å²) >= 11 is 9.36. The standard InChI is InChI=1S/C24H22BrClN4O4/c1-12-20(23(32)29-19-7-5-14(25)11-27-19)21(13-4-6-15(26)17(8-13)30(33)34)22-16(28-12)9-24(2,3)10-18(22)31/h4-8,11,20-21H,9-10H2,1-3H3,(H,27,29,32)/t20?,21-/m0/s1. The number of benzene rings is 1. The molecule has 0 saturated carbocycles. The normalized spacial score (nSPS) is 21.6. The molecule has 1 aliphatic heterocycles. The number of carbonyl (C=O) groups excluding carboxylic acids is 2. The number of Topliss-reactive ketones (excluding diaryl/α,β-unsaturated/α-hetero) is 1. The molecule has 1 aliphatic carbocycles. The Morgan fingerprint density at radius 2 is 2.00 bits per heavy atom. The van der Waals surface area contributed by atoms with E-state index in [1.165, 1.54) is 12.1 Å². The lowest BCUT2D eigenvalue weighted by Gasteiger charge is -2.39. The van der Waals surface area contributed by atoms with Crippen LogP contribution >= 0.6 is 27.5 Å². The van der Waals surface area contributed by atoms with E-state index in [4.69, 9.17) is 11.6 Å². The van der Waals surface area contributed by atoms with Crippen LogP contribution in [-0.2, 0) is 9.59 Å². The first kappa shape index (κ1) is 24.2. The molecule has 34 heavy (non-hydrogen) atoms. The van der Waals surface area contributed by atoms with Crippen molar-refractivity contribution in [2.24, 2.45) is 16.3 Å². The molecule has 8 nitrogen and oxygen atoms in total. The Morgan fingerprint density at radius 1 is 1.26 bits per heavy atom. The number of nitrogens with zero attached hydrogens (tertiary/aromatic N) is 3. The van der Waals surface area contributed by atoms with Crippen LogP contribution in [0.3, 0.4) is 0 Å². The Bertz CT molecular complexity index is 1270. The number of hydrogen-bond donors (Lipinski definition) is 1. The second kappa shape index (κ2) is 9.03. The van der Waals surface area contributed by atoms with Crippen LogP contribution in [0.25, 0.3) is 0 Å². The van der Waals surface area contributed by atoms with Gasteiger partial charge in [-0.1, -0.05) is 31.5 Å². The quantitative estimate of drug-likeness (QED) is 0.382. The number of amides is 1. The van der Waals surface area contributed by atoms with Gasteiger partial charge in [0.1, 0.15) is 10.8 Å².